The highest BCUT2D eigenvalue weighted by molar-refractivity contribution is 6.04. The van der Waals surface area contributed by atoms with Crippen molar-refractivity contribution in [3.05, 3.63) is 35.8 Å². The van der Waals surface area contributed by atoms with E-state index in [1.54, 1.807) is 24.1 Å². The van der Waals surface area contributed by atoms with Gasteiger partial charge in [0.25, 0.3) is 5.91 Å². The molecule has 0 unspecified atom stereocenters. The van der Waals surface area contributed by atoms with Gasteiger partial charge in [-0.3, -0.25) is 14.6 Å². The average molecular weight is 405 g/mol. The Morgan fingerprint density at radius 2 is 2.03 bits per heavy atom. The number of nitrogen functional groups attached to an aromatic ring is 1. The van der Waals surface area contributed by atoms with Gasteiger partial charge in [-0.15, -0.1) is 0 Å². The largest absolute Gasteiger partial charge is 0.395 e. The van der Waals surface area contributed by atoms with Crippen LogP contribution in [-0.4, -0.2) is 41.9 Å². The zero-order valence-electron chi connectivity index (χ0n) is 17.2. The highest BCUT2D eigenvalue weighted by Crippen LogP contribution is 2.36. The highest BCUT2D eigenvalue weighted by atomic mass is 16.1. The Hall–Kier alpha value is -3.95. The maximum Gasteiger partial charge on any atom is 0.269 e. The molecule has 0 radical (unpaired) electrons. The summed E-state index contributed by atoms with van der Waals surface area (Å²) in [6, 6.07) is 4.02. The van der Waals surface area contributed by atoms with Crippen LogP contribution >= 0.6 is 0 Å². The SMILES string of the molecule is Cc1ccc2[nH]ncc2c1-c1nc(-c2cn(C)nc2NC(C)C)nc(C(N)=O)c1N. The molecule has 1 amide bonds. The van der Waals surface area contributed by atoms with E-state index < -0.39 is 5.91 Å². The molecule has 30 heavy (non-hydrogen) atoms. The monoisotopic (exact) mass is 405 g/mol. The maximum absolute atomic E-state index is 12.2. The summed E-state index contributed by atoms with van der Waals surface area (Å²) in [5, 5.41) is 15.6. The van der Waals surface area contributed by atoms with E-state index in [4.69, 9.17) is 16.5 Å². The standard InChI is InChI=1S/C20H23N9O/c1-9(2)24-20-12(8-29(4)28-20)19-25-16(15(21)17(26-19)18(22)30)14-10(3)5-6-13-11(14)7-23-27-13/h5-9H,21H2,1-4H3,(H2,22,30)(H,23,27)(H,24,28). The van der Waals surface area contributed by atoms with E-state index in [0.717, 1.165) is 22.0 Å². The molecular weight excluding hydrogens is 382 g/mol. The predicted molar refractivity (Wildman–Crippen MR) is 116 cm³/mol. The van der Waals surface area contributed by atoms with Crippen LogP contribution in [0.4, 0.5) is 11.5 Å². The molecule has 0 saturated heterocycles. The Kier molecular flexibility index (Phi) is 4.61. The minimum absolute atomic E-state index is 0.0331. The molecule has 0 bridgehead atoms. The van der Waals surface area contributed by atoms with Crippen molar-refractivity contribution in [3.63, 3.8) is 0 Å². The van der Waals surface area contributed by atoms with Gasteiger partial charge in [0, 0.05) is 30.2 Å². The van der Waals surface area contributed by atoms with Gasteiger partial charge in [-0.2, -0.15) is 10.2 Å². The summed E-state index contributed by atoms with van der Waals surface area (Å²) >= 11 is 0. The number of anilines is 2. The Morgan fingerprint density at radius 1 is 1.27 bits per heavy atom. The predicted octanol–water partition coefficient (Wildman–Crippen LogP) is 2.23. The minimum Gasteiger partial charge on any atom is -0.395 e. The number of nitrogens with one attached hydrogen (secondary N) is 2. The summed E-state index contributed by atoms with van der Waals surface area (Å²) in [5.41, 5.74) is 15.6. The molecule has 0 aliphatic carbocycles. The van der Waals surface area contributed by atoms with Crippen molar-refractivity contribution < 1.29 is 4.79 Å². The van der Waals surface area contributed by atoms with E-state index >= 15 is 0 Å². The van der Waals surface area contributed by atoms with E-state index in [0.29, 0.717) is 22.9 Å². The summed E-state index contributed by atoms with van der Waals surface area (Å²) < 4.78 is 1.66. The van der Waals surface area contributed by atoms with Gasteiger partial charge in [-0.25, -0.2) is 9.97 Å². The Labute approximate surface area is 172 Å². The maximum atomic E-state index is 12.2. The Bertz CT molecular complexity index is 1270. The molecule has 6 N–H and O–H groups in total. The lowest BCUT2D eigenvalue weighted by atomic mass is 9.99. The number of amides is 1. The van der Waals surface area contributed by atoms with Crippen molar-refractivity contribution in [3.8, 4) is 22.6 Å². The molecule has 4 rings (SSSR count). The number of aromatic amines is 1. The molecule has 10 heteroatoms. The van der Waals surface area contributed by atoms with Crippen molar-refractivity contribution in [2.24, 2.45) is 12.8 Å². The third-order valence-corrected chi connectivity index (χ3v) is 4.74. The Morgan fingerprint density at radius 3 is 2.73 bits per heavy atom. The van der Waals surface area contributed by atoms with Crippen LogP contribution in [0.3, 0.4) is 0 Å². The van der Waals surface area contributed by atoms with Crippen molar-refractivity contribution in [2.75, 3.05) is 11.1 Å². The molecule has 1 aromatic carbocycles. The molecule has 3 aromatic heterocycles. The molecule has 0 atom stereocenters. The first-order chi connectivity index (χ1) is 14.3. The summed E-state index contributed by atoms with van der Waals surface area (Å²) in [6.07, 6.45) is 3.49. The van der Waals surface area contributed by atoms with Gasteiger partial charge in [0.05, 0.1) is 28.7 Å². The molecule has 154 valence electrons. The van der Waals surface area contributed by atoms with Crippen LogP contribution in [0, 0.1) is 6.92 Å². The third kappa shape index (κ3) is 3.21. The number of hydrogen-bond acceptors (Lipinski definition) is 7. The van der Waals surface area contributed by atoms with Crippen molar-refractivity contribution in [1.82, 2.24) is 29.9 Å². The molecule has 4 aromatic rings. The molecule has 0 aliphatic rings. The number of aromatic nitrogens is 6. The van der Waals surface area contributed by atoms with Crippen LogP contribution in [0.1, 0.15) is 29.9 Å². The highest BCUT2D eigenvalue weighted by Gasteiger charge is 2.23. The first-order valence-corrected chi connectivity index (χ1v) is 9.47. The molecule has 0 fully saturated rings. The van der Waals surface area contributed by atoms with Crippen LogP contribution in [0.15, 0.2) is 24.5 Å². The second-order valence-corrected chi connectivity index (χ2v) is 7.48. The second kappa shape index (κ2) is 7.14. The number of H-pyrrole nitrogens is 1. The van der Waals surface area contributed by atoms with Crippen molar-refractivity contribution >= 4 is 28.3 Å². The number of carbonyl (C=O) groups is 1. The normalized spacial score (nSPS) is 11.4. The van der Waals surface area contributed by atoms with Gasteiger partial charge in [-0.05, 0) is 32.4 Å². The topological polar surface area (TPSA) is 153 Å². The van der Waals surface area contributed by atoms with Gasteiger partial charge < -0.3 is 16.8 Å². The zero-order chi connectivity index (χ0) is 21.6. The quantitative estimate of drug-likeness (QED) is 0.397. The van der Waals surface area contributed by atoms with Gasteiger partial charge in [0.2, 0.25) is 0 Å². The summed E-state index contributed by atoms with van der Waals surface area (Å²) in [4.78, 5) is 21.3. The minimum atomic E-state index is -0.725. The van der Waals surface area contributed by atoms with Crippen molar-refractivity contribution in [2.45, 2.75) is 26.8 Å². The Balaban J connectivity index is 2.03. The number of benzene rings is 1. The molecule has 0 spiro atoms. The number of nitrogens with zero attached hydrogens (tertiary/aromatic N) is 5. The third-order valence-electron chi connectivity index (χ3n) is 4.74. The number of fused-ring (bicyclic) bond motifs is 1. The van der Waals surface area contributed by atoms with Crippen LogP contribution in [0.5, 0.6) is 0 Å². The summed E-state index contributed by atoms with van der Waals surface area (Å²) in [7, 11) is 1.80. The van der Waals surface area contributed by atoms with E-state index in [9.17, 15) is 4.79 Å². The fourth-order valence-electron chi connectivity index (χ4n) is 3.44. The van der Waals surface area contributed by atoms with Gasteiger partial charge in [0.15, 0.2) is 17.3 Å². The molecule has 0 saturated carbocycles. The lowest BCUT2D eigenvalue weighted by Crippen LogP contribution is -2.18. The lowest BCUT2D eigenvalue weighted by molar-refractivity contribution is 0.0996. The van der Waals surface area contributed by atoms with Crippen molar-refractivity contribution in [1.29, 1.82) is 0 Å². The summed E-state index contributed by atoms with van der Waals surface area (Å²) in [6.45, 7) is 5.96. The number of aryl methyl sites for hydroxylation is 2. The number of nitrogens with two attached hydrogens (primary N) is 2. The van der Waals surface area contributed by atoms with E-state index in [1.807, 2.05) is 32.9 Å². The van der Waals surface area contributed by atoms with Crippen LogP contribution in [0.2, 0.25) is 0 Å². The van der Waals surface area contributed by atoms with Gasteiger partial charge >= 0.3 is 0 Å². The van der Waals surface area contributed by atoms with E-state index in [1.165, 1.54) is 0 Å². The fraction of sp³-hybridized carbons (Fsp3) is 0.250. The van der Waals surface area contributed by atoms with Crippen LogP contribution in [0.25, 0.3) is 33.5 Å². The second-order valence-electron chi connectivity index (χ2n) is 7.48. The van der Waals surface area contributed by atoms with Gasteiger partial charge in [-0.1, -0.05) is 6.07 Å². The zero-order valence-corrected chi connectivity index (χ0v) is 17.2. The molecular formula is C20H23N9O. The van der Waals surface area contributed by atoms with Crippen LogP contribution < -0.4 is 16.8 Å². The smallest absolute Gasteiger partial charge is 0.269 e. The molecule has 10 nitrogen and oxygen atoms in total. The summed E-state index contributed by atoms with van der Waals surface area (Å²) in [5.74, 6) is 0.192. The number of carbonyl (C=O) groups excluding carboxylic acids is 1. The van der Waals surface area contributed by atoms with Gasteiger partial charge in [0.1, 0.15) is 0 Å². The van der Waals surface area contributed by atoms with E-state index in [-0.39, 0.29) is 17.4 Å². The first-order valence-electron chi connectivity index (χ1n) is 9.47. The fourth-order valence-corrected chi connectivity index (χ4v) is 3.44. The number of primary amides is 1. The lowest BCUT2D eigenvalue weighted by Gasteiger charge is -2.14. The number of rotatable bonds is 5. The molecule has 3 heterocycles. The van der Waals surface area contributed by atoms with Crippen LogP contribution in [-0.2, 0) is 7.05 Å². The molecule has 0 aliphatic heterocycles. The average Bonchev–Trinajstić information content (AvgIpc) is 3.28. The first kappa shape index (κ1) is 19.4. The van der Waals surface area contributed by atoms with E-state index in [2.05, 4.69) is 25.6 Å². The number of hydrogen-bond donors (Lipinski definition) is 4.